The Kier molecular flexibility index (Phi) is 4.02. The minimum absolute atomic E-state index is 0.0870. The van der Waals surface area contributed by atoms with E-state index in [0.717, 1.165) is 28.7 Å². The average molecular weight is 340 g/mol. The number of benzene rings is 1. The van der Waals surface area contributed by atoms with Gasteiger partial charge in [-0.15, -0.1) is 10.2 Å². The van der Waals surface area contributed by atoms with Crippen molar-refractivity contribution in [2.45, 2.75) is 12.5 Å². The molecule has 0 radical (unpaired) electrons. The van der Waals surface area contributed by atoms with E-state index in [0.29, 0.717) is 6.54 Å². The van der Waals surface area contributed by atoms with Gasteiger partial charge >= 0.3 is 0 Å². The zero-order valence-electron chi connectivity index (χ0n) is 11.9. The summed E-state index contributed by atoms with van der Waals surface area (Å²) >= 11 is 1.45. The van der Waals surface area contributed by atoms with E-state index in [1.54, 1.807) is 24.3 Å². The van der Waals surface area contributed by atoms with Crippen molar-refractivity contribution in [1.29, 1.82) is 0 Å². The highest BCUT2D eigenvalue weighted by Crippen LogP contribution is 2.31. The number of hydrogen-bond donors (Lipinski definition) is 2. The van der Waals surface area contributed by atoms with Crippen LogP contribution in [0, 0.1) is 0 Å². The molecule has 0 bridgehead atoms. The van der Waals surface area contributed by atoms with Gasteiger partial charge in [-0.3, -0.25) is 0 Å². The first-order valence-corrected chi connectivity index (χ1v) is 9.47. The lowest BCUT2D eigenvalue weighted by atomic mass is 10.2. The molecule has 1 saturated heterocycles. The van der Waals surface area contributed by atoms with Gasteiger partial charge in [-0.05, 0) is 30.7 Å². The van der Waals surface area contributed by atoms with Crippen LogP contribution in [0.3, 0.4) is 0 Å². The van der Waals surface area contributed by atoms with Gasteiger partial charge in [-0.25, -0.2) is 13.1 Å². The van der Waals surface area contributed by atoms with E-state index in [9.17, 15) is 13.5 Å². The molecule has 1 aromatic heterocycles. The predicted molar refractivity (Wildman–Crippen MR) is 85.6 cm³/mol. The lowest BCUT2D eigenvalue weighted by Gasteiger charge is -2.14. The Morgan fingerprint density at radius 2 is 2.05 bits per heavy atom. The molecule has 2 aromatic rings. The van der Waals surface area contributed by atoms with Crippen molar-refractivity contribution in [3.8, 4) is 16.3 Å². The first-order chi connectivity index (χ1) is 10.4. The zero-order chi connectivity index (χ0) is 15.7. The summed E-state index contributed by atoms with van der Waals surface area (Å²) in [4.78, 5) is 2.03. The van der Waals surface area contributed by atoms with Crippen LogP contribution < -0.4 is 9.62 Å². The number of aromatic nitrogens is 2. The quantitative estimate of drug-likeness (QED) is 0.863. The smallest absolute Gasteiger partial charge is 0.209 e. The molecule has 2 heterocycles. The second-order valence-corrected chi connectivity index (χ2v) is 7.99. The Morgan fingerprint density at radius 1 is 1.32 bits per heavy atom. The van der Waals surface area contributed by atoms with Gasteiger partial charge in [0.2, 0.25) is 15.2 Å². The summed E-state index contributed by atoms with van der Waals surface area (Å²) < 4.78 is 25.2. The molecule has 0 saturated carbocycles. The Labute approximate surface area is 132 Å². The van der Waals surface area contributed by atoms with Crippen molar-refractivity contribution in [2.24, 2.45) is 0 Å². The molecular formula is C13H16N4O3S2. The van der Waals surface area contributed by atoms with E-state index in [1.165, 1.54) is 17.6 Å². The monoisotopic (exact) mass is 340 g/mol. The SMILES string of the molecule is CS(=O)(=O)NC1CCN(c2nnc(-c3ccc(O)cc3)s2)C1. The highest BCUT2D eigenvalue weighted by molar-refractivity contribution is 7.88. The average Bonchev–Trinajstić information content (AvgIpc) is 3.06. The van der Waals surface area contributed by atoms with Crippen molar-refractivity contribution < 1.29 is 13.5 Å². The first kappa shape index (κ1) is 15.2. The normalized spacial score (nSPS) is 18.8. The predicted octanol–water partition coefficient (Wildman–Crippen LogP) is 1.04. The van der Waals surface area contributed by atoms with E-state index in [1.807, 2.05) is 4.90 Å². The van der Waals surface area contributed by atoms with Crippen LogP contribution in [0.15, 0.2) is 24.3 Å². The standard InChI is InChI=1S/C13H16N4O3S2/c1-22(19,20)16-10-6-7-17(8-10)13-15-14-12(21-13)9-2-4-11(18)5-3-9/h2-5,10,16,18H,6-8H2,1H3. The molecule has 1 aromatic carbocycles. The molecule has 9 heteroatoms. The summed E-state index contributed by atoms with van der Waals surface area (Å²) in [6.45, 7) is 1.34. The van der Waals surface area contributed by atoms with Crippen LogP contribution in [0.2, 0.25) is 0 Å². The molecule has 3 rings (SSSR count). The molecule has 2 N–H and O–H groups in total. The third-order valence-corrected chi connectivity index (χ3v) is 5.16. The van der Waals surface area contributed by atoms with Crippen molar-refractivity contribution in [3.05, 3.63) is 24.3 Å². The van der Waals surface area contributed by atoms with Gasteiger partial charge < -0.3 is 10.0 Å². The maximum atomic E-state index is 11.3. The lowest BCUT2D eigenvalue weighted by molar-refractivity contribution is 0.475. The van der Waals surface area contributed by atoms with Crippen molar-refractivity contribution >= 4 is 26.5 Å². The fourth-order valence-corrected chi connectivity index (χ4v) is 4.08. The van der Waals surface area contributed by atoms with E-state index >= 15 is 0 Å². The molecular weight excluding hydrogens is 324 g/mol. The van der Waals surface area contributed by atoms with Crippen LogP contribution in [0.25, 0.3) is 10.6 Å². The van der Waals surface area contributed by atoms with Crippen LogP contribution in [0.5, 0.6) is 5.75 Å². The summed E-state index contributed by atoms with van der Waals surface area (Å²) in [7, 11) is -3.19. The molecule has 0 spiro atoms. The Bertz CT molecular complexity index is 758. The van der Waals surface area contributed by atoms with Gasteiger partial charge in [0.15, 0.2) is 0 Å². The number of rotatable bonds is 4. The third-order valence-electron chi connectivity index (χ3n) is 3.37. The number of hydrogen-bond acceptors (Lipinski definition) is 7. The van der Waals surface area contributed by atoms with E-state index in [-0.39, 0.29) is 11.8 Å². The highest BCUT2D eigenvalue weighted by atomic mass is 32.2. The minimum Gasteiger partial charge on any atom is -0.508 e. The Balaban J connectivity index is 1.71. The third kappa shape index (κ3) is 3.54. The molecule has 1 unspecified atom stereocenters. The molecule has 7 nitrogen and oxygen atoms in total. The van der Waals surface area contributed by atoms with E-state index < -0.39 is 10.0 Å². The van der Waals surface area contributed by atoms with E-state index in [2.05, 4.69) is 14.9 Å². The Morgan fingerprint density at radius 3 is 2.73 bits per heavy atom. The van der Waals surface area contributed by atoms with E-state index in [4.69, 9.17) is 0 Å². The van der Waals surface area contributed by atoms with Gasteiger partial charge in [-0.1, -0.05) is 11.3 Å². The molecule has 22 heavy (non-hydrogen) atoms. The highest BCUT2D eigenvalue weighted by Gasteiger charge is 2.27. The molecule has 1 fully saturated rings. The summed E-state index contributed by atoms with van der Waals surface area (Å²) in [5.41, 5.74) is 0.895. The fourth-order valence-electron chi connectivity index (χ4n) is 2.40. The lowest BCUT2D eigenvalue weighted by Crippen LogP contribution is -2.36. The van der Waals surface area contributed by atoms with Crippen LogP contribution >= 0.6 is 11.3 Å². The number of anilines is 1. The van der Waals surface area contributed by atoms with Crippen LogP contribution in [-0.2, 0) is 10.0 Å². The molecule has 0 aliphatic carbocycles. The van der Waals surface area contributed by atoms with Crippen LogP contribution in [0.1, 0.15) is 6.42 Å². The van der Waals surface area contributed by atoms with Crippen molar-refractivity contribution in [2.75, 3.05) is 24.2 Å². The van der Waals surface area contributed by atoms with Crippen LogP contribution in [-0.4, -0.2) is 49.1 Å². The summed E-state index contributed by atoms with van der Waals surface area (Å²) in [5, 5.41) is 19.2. The van der Waals surface area contributed by atoms with Crippen molar-refractivity contribution in [1.82, 2.24) is 14.9 Å². The first-order valence-electron chi connectivity index (χ1n) is 6.76. The zero-order valence-corrected chi connectivity index (χ0v) is 13.6. The summed E-state index contributed by atoms with van der Waals surface area (Å²) in [5.74, 6) is 0.211. The van der Waals surface area contributed by atoms with Gasteiger partial charge in [0, 0.05) is 24.7 Å². The molecule has 1 aliphatic heterocycles. The number of aromatic hydroxyl groups is 1. The number of nitrogens with one attached hydrogen (secondary N) is 1. The van der Waals surface area contributed by atoms with Crippen LogP contribution in [0.4, 0.5) is 5.13 Å². The molecule has 118 valence electrons. The number of nitrogens with zero attached hydrogens (tertiary/aromatic N) is 3. The van der Waals surface area contributed by atoms with Gasteiger partial charge in [0.25, 0.3) is 0 Å². The number of phenolic OH excluding ortho intramolecular Hbond substituents is 1. The number of phenols is 1. The van der Waals surface area contributed by atoms with Gasteiger partial charge in [0.1, 0.15) is 10.8 Å². The maximum Gasteiger partial charge on any atom is 0.209 e. The minimum atomic E-state index is -3.19. The topological polar surface area (TPSA) is 95.4 Å². The maximum absolute atomic E-state index is 11.3. The van der Waals surface area contributed by atoms with Crippen molar-refractivity contribution in [3.63, 3.8) is 0 Å². The van der Waals surface area contributed by atoms with Gasteiger partial charge in [-0.2, -0.15) is 0 Å². The fraction of sp³-hybridized carbons (Fsp3) is 0.385. The molecule has 1 aliphatic rings. The summed E-state index contributed by atoms with van der Waals surface area (Å²) in [6.07, 6.45) is 1.92. The largest absolute Gasteiger partial charge is 0.508 e. The second kappa shape index (κ2) is 5.82. The number of sulfonamides is 1. The molecule has 0 amide bonds. The summed E-state index contributed by atoms with van der Waals surface area (Å²) in [6, 6.07) is 6.71. The molecule has 1 atom stereocenters. The Hall–Kier alpha value is -1.71. The van der Waals surface area contributed by atoms with Gasteiger partial charge in [0.05, 0.1) is 6.26 Å². The second-order valence-electron chi connectivity index (χ2n) is 5.26.